The second-order valence-electron chi connectivity index (χ2n) is 9.66. The van der Waals surface area contributed by atoms with E-state index in [9.17, 15) is 14.7 Å². The van der Waals surface area contributed by atoms with E-state index in [1.165, 1.54) is 6.07 Å². The molecule has 0 aliphatic heterocycles. The molecule has 5 rings (SSSR count). The number of pyridine rings is 1. The van der Waals surface area contributed by atoms with E-state index in [0.717, 1.165) is 33.2 Å². The molecule has 0 bridgehead atoms. The molecule has 3 heterocycles. The standard InChI is InChI=1S/C27H26N6O4S.H2O/c1-27(2,3)37-24(36)19(18-13-29-20-9-5-4-8-16(18)20)14-30-25-32-33-26(38-25)31-23(35)17-11-10-15-7-6-12-28-21(15)22(17)34;/h4-13,19,29,34H,14H2,1-3H3,(H,30,32)(H,31,33,35);1H2. The number of benzene rings is 2. The zero-order valence-electron chi connectivity index (χ0n) is 21.5. The highest BCUT2D eigenvalue weighted by atomic mass is 32.1. The molecule has 0 saturated heterocycles. The van der Waals surface area contributed by atoms with Gasteiger partial charge in [-0.3, -0.25) is 19.9 Å². The van der Waals surface area contributed by atoms with Crippen LogP contribution in [0.3, 0.4) is 0 Å². The summed E-state index contributed by atoms with van der Waals surface area (Å²) in [6.07, 6.45) is 3.37. The number of nitrogens with zero attached hydrogens (tertiary/aromatic N) is 3. The molecular weight excluding hydrogens is 520 g/mol. The normalized spacial score (nSPS) is 12.1. The van der Waals surface area contributed by atoms with E-state index in [1.54, 1.807) is 24.4 Å². The first-order valence-electron chi connectivity index (χ1n) is 11.9. The van der Waals surface area contributed by atoms with Gasteiger partial charge in [0.05, 0.1) is 5.56 Å². The highest BCUT2D eigenvalue weighted by molar-refractivity contribution is 7.19. The van der Waals surface area contributed by atoms with Crippen molar-refractivity contribution in [2.24, 2.45) is 0 Å². The molecule has 11 nitrogen and oxygen atoms in total. The molecule has 0 saturated carbocycles. The number of anilines is 2. The molecule has 0 fully saturated rings. The van der Waals surface area contributed by atoms with Gasteiger partial charge < -0.3 is 25.6 Å². The molecule has 202 valence electrons. The number of aromatic amines is 1. The van der Waals surface area contributed by atoms with Crippen molar-refractivity contribution in [2.45, 2.75) is 32.3 Å². The van der Waals surface area contributed by atoms with Gasteiger partial charge in [0.1, 0.15) is 17.0 Å². The Morgan fingerprint density at radius 2 is 1.85 bits per heavy atom. The van der Waals surface area contributed by atoms with Crippen LogP contribution in [0.1, 0.15) is 42.6 Å². The number of para-hydroxylation sites is 1. The van der Waals surface area contributed by atoms with Crippen molar-refractivity contribution in [2.75, 3.05) is 17.2 Å². The van der Waals surface area contributed by atoms with Gasteiger partial charge in [-0.15, -0.1) is 10.2 Å². The van der Waals surface area contributed by atoms with Gasteiger partial charge in [0.15, 0.2) is 5.75 Å². The number of carbonyl (C=O) groups is 2. The Bertz CT molecular complexity index is 1640. The molecule has 1 atom stereocenters. The van der Waals surface area contributed by atoms with Crippen LogP contribution < -0.4 is 10.6 Å². The van der Waals surface area contributed by atoms with Crippen LogP contribution in [0, 0.1) is 0 Å². The van der Waals surface area contributed by atoms with Gasteiger partial charge in [0, 0.05) is 35.2 Å². The molecular formula is C27H28N6O5S. The van der Waals surface area contributed by atoms with Crippen molar-refractivity contribution in [3.63, 3.8) is 0 Å². The van der Waals surface area contributed by atoms with Gasteiger partial charge in [-0.05, 0) is 44.5 Å². The van der Waals surface area contributed by atoms with E-state index in [-0.39, 0.29) is 34.4 Å². The zero-order chi connectivity index (χ0) is 26.9. The summed E-state index contributed by atoms with van der Waals surface area (Å²) < 4.78 is 5.70. The van der Waals surface area contributed by atoms with Gasteiger partial charge >= 0.3 is 5.97 Å². The van der Waals surface area contributed by atoms with Crippen LogP contribution >= 0.6 is 11.3 Å². The number of phenols is 1. The molecule has 0 aliphatic carbocycles. The summed E-state index contributed by atoms with van der Waals surface area (Å²) in [6, 6.07) is 14.5. The number of rotatable bonds is 7. The number of hydrogen-bond donors (Lipinski definition) is 4. The van der Waals surface area contributed by atoms with Crippen molar-refractivity contribution in [1.82, 2.24) is 20.2 Å². The lowest BCUT2D eigenvalue weighted by atomic mass is 9.98. The quantitative estimate of drug-likeness (QED) is 0.219. The second kappa shape index (κ2) is 11.1. The van der Waals surface area contributed by atoms with Crippen molar-refractivity contribution in [3.05, 3.63) is 72.1 Å². The third kappa shape index (κ3) is 5.97. The number of aromatic nitrogens is 4. The number of fused-ring (bicyclic) bond motifs is 2. The van der Waals surface area contributed by atoms with E-state index >= 15 is 0 Å². The maximum atomic E-state index is 13.2. The van der Waals surface area contributed by atoms with E-state index in [2.05, 4.69) is 30.8 Å². The maximum Gasteiger partial charge on any atom is 0.315 e. The van der Waals surface area contributed by atoms with Gasteiger partial charge in [0.25, 0.3) is 5.91 Å². The number of esters is 1. The summed E-state index contributed by atoms with van der Waals surface area (Å²) in [5.74, 6) is -1.73. The number of phenolic OH excluding ortho intramolecular Hbond substituents is 1. The number of ether oxygens (including phenoxy) is 1. The lowest BCUT2D eigenvalue weighted by Gasteiger charge is -2.24. The number of hydrogen-bond acceptors (Lipinski definition) is 9. The molecule has 6 N–H and O–H groups in total. The summed E-state index contributed by atoms with van der Waals surface area (Å²) in [4.78, 5) is 33.3. The summed E-state index contributed by atoms with van der Waals surface area (Å²) in [5.41, 5.74) is 1.49. The minimum atomic E-state index is -0.647. The average molecular weight is 549 g/mol. The molecule has 39 heavy (non-hydrogen) atoms. The summed E-state index contributed by atoms with van der Waals surface area (Å²) in [5, 5.41) is 26.8. The first-order chi connectivity index (χ1) is 18.2. The Balaban J connectivity index is 0.00000353. The molecule has 1 amide bonds. The fourth-order valence-corrected chi connectivity index (χ4v) is 4.73. The number of carbonyl (C=O) groups excluding carboxylic acids is 2. The van der Waals surface area contributed by atoms with Crippen LogP contribution in [0.2, 0.25) is 0 Å². The summed E-state index contributed by atoms with van der Waals surface area (Å²) in [7, 11) is 0. The van der Waals surface area contributed by atoms with E-state index in [0.29, 0.717) is 10.6 Å². The lowest BCUT2D eigenvalue weighted by molar-refractivity contribution is -0.156. The Kier molecular flexibility index (Phi) is 7.79. The van der Waals surface area contributed by atoms with Crippen molar-refractivity contribution in [3.8, 4) is 5.75 Å². The van der Waals surface area contributed by atoms with Gasteiger partial charge in [-0.25, -0.2) is 0 Å². The van der Waals surface area contributed by atoms with E-state index < -0.39 is 17.4 Å². The first kappa shape index (κ1) is 27.5. The maximum absolute atomic E-state index is 13.2. The van der Waals surface area contributed by atoms with Crippen molar-refractivity contribution < 1.29 is 24.9 Å². The number of nitrogens with one attached hydrogen (secondary N) is 3. The van der Waals surface area contributed by atoms with Crippen LogP contribution in [-0.2, 0) is 9.53 Å². The highest BCUT2D eigenvalue weighted by Crippen LogP contribution is 2.31. The number of amides is 1. The van der Waals surface area contributed by atoms with E-state index in [4.69, 9.17) is 4.74 Å². The highest BCUT2D eigenvalue weighted by Gasteiger charge is 2.29. The smallest absolute Gasteiger partial charge is 0.315 e. The molecule has 12 heteroatoms. The molecule has 5 aromatic rings. The minimum Gasteiger partial charge on any atom is -0.505 e. The van der Waals surface area contributed by atoms with Crippen molar-refractivity contribution >= 4 is 55.3 Å². The summed E-state index contributed by atoms with van der Waals surface area (Å²) in [6.45, 7) is 5.69. The number of aromatic hydroxyl groups is 1. The van der Waals surface area contributed by atoms with Crippen molar-refractivity contribution in [1.29, 1.82) is 0 Å². The monoisotopic (exact) mass is 548 g/mol. The zero-order valence-corrected chi connectivity index (χ0v) is 22.3. The van der Waals surface area contributed by atoms with Crippen LogP contribution in [0.15, 0.2) is 60.9 Å². The summed E-state index contributed by atoms with van der Waals surface area (Å²) >= 11 is 1.11. The largest absolute Gasteiger partial charge is 0.505 e. The Morgan fingerprint density at radius 3 is 2.64 bits per heavy atom. The molecule has 0 radical (unpaired) electrons. The SMILES string of the molecule is CC(C)(C)OC(=O)C(CNc1nnc(NC(=O)c2ccc3cccnc3c2O)s1)c1c[nH]c2ccccc12.O. The Labute approximate surface area is 227 Å². The fourth-order valence-electron chi connectivity index (χ4n) is 4.09. The number of H-pyrrole nitrogens is 1. The van der Waals surface area contributed by atoms with Gasteiger partial charge in [0.2, 0.25) is 10.3 Å². The second-order valence-corrected chi connectivity index (χ2v) is 10.6. The third-order valence-electron chi connectivity index (χ3n) is 5.78. The predicted octanol–water partition coefficient (Wildman–Crippen LogP) is 4.24. The molecule has 2 aromatic carbocycles. The molecule has 0 spiro atoms. The molecule has 0 aliphatic rings. The molecule has 3 aromatic heterocycles. The predicted molar refractivity (Wildman–Crippen MR) is 150 cm³/mol. The van der Waals surface area contributed by atoms with Gasteiger partial charge in [-0.1, -0.05) is 41.7 Å². The topological polar surface area (TPSA) is 174 Å². The first-order valence-corrected chi connectivity index (χ1v) is 12.8. The Hall–Kier alpha value is -4.55. The fraction of sp³-hybridized carbons (Fsp3) is 0.222. The lowest BCUT2D eigenvalue weighted by Crippen LogP contribution is -2.30. The minimum absolute atomic E-state index is 0. The van der Waals surface area contributed by atoms with Crippen LogP contribution in [-0.4, -0.2) is 54.8 Å². The van der Waals surface area contributed by atoms with Crippen LogP contribution in [0.25, 0.3) is 21.8 Å². The third-order valence-corrected chi connectivity index (χ3v) is 6.58. The van der Waals surface area contributed by atoms with Crippen LogP contribution in [0.4, 0.5) is 10.3 Å². The molecule has 1 unspecified atom stereocenters. The average Bonchev–Trinajstić information content (AvgIpc) is 3.51. The van der Waals surface area contributed by atoms with Gasteiger partial charge in [-0.2, -0.15) is 0 Å². The van der Waals surface area contributed by atoms with Crippen LogP contribution in [0.5, 0.6) is 5.75 Å². The Morgan fingerprint density at radius 1 is 1.08 bits per heavy atom. The van der Waals surface area contributed by atoms with E-state index in [1.807, 2.05) is 51.2 Å².